The van der Waals surface area contributed by atoms with Gasteiger partial charge in [-0.15, -0.1) is 0 Å². The van der Waals surface area contributed by atoms with Crippen molar-refractivity contribution in [3.05, 3.63) is 82.4 Å². The highest BCUT2D eigenvalue weighted by Gasteiger charge is 2.06. The summed E-state index contributed by atoms with van der Waals surface area (Å²) in [7, 11) is 0. The van der Waals surface area contributed by atoms with E-state index < -0.39 is 5.91 Å². The highest BCUT2D eigenvalue weighted by Crippen LogP contribution is 2.26. The van der Waals surface area contributed by atoms with Crippen molar-refractivity contribution < 1.29 is 14.6 Å². The van der Waals surface area contributed by atoms with E-state index in [9.17, 15) is 9.90 Å². The van der Waals surface area contributed by atoms with Crippen molar-refractivity contribution in [1.29, 1.82) is 0 Å². The number of aryl methyl sites for hydroxylation is 2. The molecule has 3 aromatic carbocycles. The van der Waals surface area contributed by atoms with E-state index >= 15 is 0 Å². The third-order valence-corrected chi connectivity index (χ3v) is 4.82. The van der Waals surface area contributed by atoms with Crippen molar-refractivity contribution in [2.24, 2.45) is 15.3 Å². The van der Waals surface area contributed by atoms with Crippen molar-refractivity contribution in [1.82, 2.24) is 5.43 Å². The largest absolute Gasteiger partial charge is 0.507 e. The number of benzene rings is 3. The van der Waals surface area contributed by atoms with Crippen LogP contribution in [0.4, 0.5) is 11.4 Å². The lowest BCUT2D eigenvalue weighted by Gasteiger charge is -2.09. The number of rotatable bonds is 7. The maximum absolute atomic E-state index is 12.0. The van der Waals surface area contributed by atoms with Crippen LogP contribution in [0, 0.1) is 13.8 Å². The van der Waals surface area contributed by atoms with Crippen LogP contribution in [0.15, 0.2) is 76.0 Å². The fourth-order valence-electron chi connectivity index (χ4n) is 2.66. The second-order valence-corrected chi connectivity index (χ2v) is 7.11. The minimum atomic E-state index is -0.444. The molecule has 0 atom stereocenters. The van der Waals surface area contributed by atoms with Crippen molar-refractivity contribution in [3.8, 4) is 11.5 Å². The number of halogens is 1. The summed E-state index contributed by atoms with van der Waals surface area (Å²) in [4.78, 5) is 12.0. The summed E-state index contributed by atoms with van der Waals surface area (Å²) >= 11 is 6.13. The average molecular weight is 437 g/mol. The quantitative estimate of drug-likeness (QED) is 0.286. The molecule has 0 aliphatic rings. The zero-order valence-electron chi connectivity index (χ0n) is 17.0. The molecular weight excluding hydrogens is 416 g/mol. The molecule has 31 heavy (non-hydrogen) atoms. The van der Waals surface area contributed by atoms with Crippen LogP contribution in [0.5, 0.6) is 11.5 Å². The first-order chi connectivity index (χ1) is 14.9. The predicted molar refractivity (Wildman–Crippen MR) is 121 cm³/mol. The molecule has 0 saturated carbocycles. The molecule has 2 N–H and O–H groups in total. The van der Waals surface area contributed by atoms with Gasteiger partial charge in [-0.05, 0) is 67.4 Å². The van der Waals surface area contributed by atoms with Crippen LogP contribution in [0.3, 0.4) is 0 Å². The number of azo groups is 1. The number of aromatic hydroxyl groups is 1. The molecule has 3 aromatic rings. The first-order valence-corrected chi connectivity index (χ1v) is 9.81. The number of hydrazone groups is 1. The SMILES string of the molecule is Cc1cc(OCC(=O)N/N=C\c2cc(N=Nc3ccccc3)ccc2O)cc(C)c1Cl. The Hall–Kier alpha value is -3.71. The number of hydrogen-bond donors (Lipinski definition) is 2. The van der Waals surface area contributed by atoms with Crippen LogP contribution in [-0.2, 0) is 4.79 Å². The van der Waals surface area contributed by atoms with Gasteiger partial charge in [0.1, 0.15) is 11.5 Å². The Balaban J connectivity index is 1.57. The van der Waals surface area contributed by atoms with Gasteiger partial charge >= 0.3 is 0 Å². The van der Waals surface area contributed by atoms with Crippen LogP contribution in [0.2, 0.25) is 5.02 Å². The highest BCUT2D eigenvalue weighted by molar-refractivity contribution is 6.32. The van der Waals surface area contributed by atoms with Crippen LogP contribution in [0.1, 0.15) is 16.7 Å². The lowest BCUT2D eigenvalue weighted by atomic mass is 10.1. The van der Waals surface area contributed by atoms with Gasteiger partial charge in [-0.25, -0.2) is 5.43 Å². The summed E-state index contributed by atoms with van der Waals surface area (Å²) in [5.41, 5.74) is 5.73. The molecule has 0 heterocycles. The molecule has 7 nitrogen and oxygen atoms in total. The Morgan fingerprint density at radius 3 is 2.42 bits per heavy atom. The molecule has 0 aromatic heterocycles. The van der Waals surface area contributed by atoms with E-state index in [-0.39, 0.29) is 12.4 Å². The van der Waals surface area contributed by atoms with Gasteiger partial charge in [0.2, 0.25) is 0 Å². The van der Waals surface area contributed by atoms with Gasteiger partial charge in [0.15, 0.2) is 6.61 Å². The number of ether oxygens (including phenoxy) is 1. The number of nitrogens with one attached hydrogen (secondary N) is 1. The van der Waals surface area contributed by atoms with E-state index in [0.29, 0.717) is 27.7 Å². The topological polar surface area (TPSA) is 95.6 Å². The number of hydrogen-bond acceptors (Lipinski definition) is 6. The second-order valence-electron chi connectivity index (χ2n) is 6.73. The number of amides is 1. The molecule has 0 radical (unpaired) electrons. The Labute approximate surface area is 185 Å². The van der Waals surface area contributed by atoms with Crippen molar-refractivity contribution in [2.45, 2.75) is 13.8 Å². The molecule has 8 heteroatoms. The molecule has 0 fully saturated rings. The Morgan fingerprint density at radius 1 is 1.03 bits per heavy atom. The molecule has 0 aliphatic heterocycles. The maximum Gasteiger partial charge on any atom is 0.277 e. The Kier molecular flexibility index (Phi) is 7.35. The monoisotopic (exact) mass is 436 g/mol. The smallest absolute Gasteiger partial charge is 0.277 e. The van der Waals surface area contributed by atoms with Crippen LogP contribution < -0.4 is 10.2 Å². The minimum Gasteiger partial charge on any atom is -0.507 e. The molecule has 0 spiro atoms. The number of carbonyl (C=O) groups excluding carboxylic acids is 1. The van der Waals surface area contributed by atoms with E-state index in [1.54, 1.807) is 24.3 Å². The molecular formula is C23H21ClN4O3. The highest BCUT2D eigenvalue weighted by atomic mass is 35.5. The van der Waals surface area contributed by atoms with Crippen LogP contribution in [0.25, 0.3) is 0 Å². The molecule has 158 valence electrons. The molecule has 1 amide bonds. The van der Waals surface area contributed by atoms with Gasteiger partial charge in [-0.1, -0.05) is 29.8 Å². The summed E-state index contributed by atoms with van der Waals surface area (Å²) in [6, 6.07) is 17.5. The van der Waals surface area contributed by atoms with Gasteiger partial charge < -0.3 is 9.84 Å². The van der Waals surface area contributed by atoms with Crippen molar-refractivity contribution >= 4 is 35.1 Å². The summed E-state index contributed by atoms with van der Waals surface area (Å²) in [5.74, 6) is 0.105. The normalized spacial score (nSPS) is 11.2. The number of phenolic OH excluding ortho intramolecular Hbond substituents is 1. The summed E-state index contributed by atoms with van der Waals surface area (Å²) < 4.78 is 5.48. The zero-order valence-corrected chi connectivity index (χ0v) is 17.8. The van der Waals surface area contributed by atoms with E-state index in [1.165, 1.54) is 12.3 Å². The van der Waals surface area contributed by atoms with E-state index in [1.807, 2.05) is 44.2 Å². The Bertz CT molecular complexity index is 1110. The first kappa shape index (κ1) is 22.0. The second kappa shape index (κ2) is 10.4. The fraction of sp³-hybridized carbons (Fsp3) is 0.130. The number of carbonyl (C=O) groups is 1. The van der Waals surface area contributed by atoms with E-state index in [2.05, 4.69) is 20.8 Å². The molecule has 0 aliphatic carbocycles. The lowest BCUT2D eigenvalue weighted by Crippen LogP contribution is -2.24. The van der Waals surface area contributed by atoms with E-state index in [4.69, 9.17) is 16.3 Å². The van der Waals surface area contributed by atoms with Crippen LogP contribution >= 0.6 is 11.6 Å². The minimum absolute atomic E-state index is 0.0000229. The molecule has 0 bridgehead atoms. The lowest BCUT2D eigenvalue weighted by molar-refractivity contribution is -0.123. The Morgan fingerprint density at radius 2 is 1.71 bits per heavy atom. The zero-order chi connectivity index (χ0) is 22.2. The average Bonchev–Trinajstić information content (AvgIpc) is 2.77. The van der Waals surface area contributed by atoms with Gasteiger partial charge in [0.25, 0.3) is 5.91 Å². The molecule has 0 saturated heterocycles. The van der Waals surface area contributed by atoms with E-state index in [0.717, 1.165) is 11.1 Å². The van der Waals surface area contributed by atoms with Gasteiger partial charge in [-0.2, -0.15) is 15.3 Å². The molecule has 0 unspecified atom stereocenters. The van der Waals surface area contributed by atoms with Crippen LogP contribution in [-0.4, -0.2) is 23.8 Å². The fourth-order valence-corrected chi connectivity index (χ4v) is 2.77. The predicted octanol–water partition coefficient (Wildman–Crippen LogP) is 5.61. The summed E-state index contributed by atoms with van der Waals surface area (Å²) in [6.07, 6.45) is 1.32. The third kappa shape index (κ3) is 6.38. The number of phenols is 1. The molecule has 3 rings (SSSR count). The van der Waals surface area contributed by atoms with Crippen molar-refractivity contribution in [2.75, 3.05) is 6.61 Å². The summed E-state index contributed by atoms with van der Waals surface area (Å²) in [5, 5.41) is 22.8. The van der Waals surface area contributed by atoms with Gasteiger partial charge in [0.05, 0.1) is 17.6 Å². The number of nitrogens with zero attached hydrogens (tertiary/aromatic N) is 3. The third-order valence-electron chi connectivity index (χ3n) is 4.22. The maximum atomic E-state index is 12.0. The van der Waals surface area contributed by atoms with Gasteiger partial charge in [0, 0.05) is 10.6 Å². The first-order valence-electron chi connectivity index (χ1n) is 9.43. The standard InChI is InChI=1S/C23H21ClN4O3/c1-15-10-20(11-16(2)23(15)24)31-14-22(30)28-25-13-17-12-19(8-9-21(17)29)27-26-18-6-4-3-5-7-18/h3-13,29H,14H2,1-2H3,(H,28,30)/b25-13-,27-26?. The van der Waals surface area contributed by atoms with Crippen molar-refractivity contribution in [3.63, 3.8) is 0 Å². The van der Waals surface area contributed by atoms with Gasteiger partial charge in [-0.3, -0.25) is 4.79 Å². The summed E-state index contributed by atoms with van der Waals surface area (Å²) in [6.45, 7) is 3.52.